The molecule has 12 atom stereocenters. The number of carbonyl (C=O) groups is 18. The van der Waals surface area contributed by atoms with Crippen molar-refractivity contribution >= 4 is 136 Å². The number of hydrogen-bond acceptors (Lipinski definition) is 24. The van der Waals surface area contributed by atoms with Crippen LogP contribution in [0.15, 0.2) is 25.0 Å². The van der Waals surface area contributed by atoms with Crippen LogP contribution >= 0.6 is 0 Å². The monoisotopic (exact) mass is 1980 g/mol. The van der Waals surface area contributed by atoms with E-state index in [9.17, 15) is 86.3 Å². The molecule has 0 bridgehead atoms. The van der Waals surface area contributed by atoms with Crippen LogP contribution in [0.1, 0.15) is 318 Å². The third-order valence-corrected chi connectivity index (χ3v) is 23.5. The first-order valence-electron chi connectivity index (χ1n) is 49.5. The molecule has 47 heteroatoms. The van der Waals surface area contributed by atoms with E-state index in [2.05, 4.69) is 69.1 Å². The molecule has 1 aliphatic rings. The maximum Gasteiger partial charge on any atom is 0.243 e. The summed E-state index contributed by atoms with van der Waals surface area (Å²) in [5.41, 5.74) is 87.7. The van der Waals surface area contributed by atoms with Gasteiger partial charge >= 0.3 is 0 Å². The van der Waals surface area contributed by atoms with Crippen LogP contribution in [0.3, 0.4) is 0 Å². The number of carbonyl (C=O) groups excluding carboxylic acids is 18. The van der Waals surface area contributed by atoms with Gasteiger partial charge in [0, 0.05) is 139 Å². The summed E-state index contributed by atoms with van der Waals surface area (Å²) in [4.78, 5) is 260. The van der Waals surface area contributed by atoms with Crippen molar-refractivity contribution in [1.82, 2.24) is 42.1 Å². The molecule has 1 saturated heterocycles. The van der Waals surface area contributed by atoms with Gasteiger partial charge in [0.15, 0.2) is 52.9 Å². The number of Topliss-reactive ketones (excluding diaryl/α,β-unsaturated/α-hetero) is 5. The number of unbranched alkanes of at least 4 members (excludes halogenated alkanes) is 13. The topological polar surface area (TPSA) is 873 Å². The summed E-state index contributed by atoms with van der Waals surface area (Å²) in [6.45, 7) is 11.9. The van der Waals surface area contributed by atoms with E-state index >= 15 is 0 Å². The molecule has 0 aliphatic carbocycles. The van der Waals surface area contributed by atoms with Crippen molar-refractivity contribution in [2.45, 2.75) is 366 Å². The first-order valence-corrected chi connectivity index (χ1v) is 49.5. The normalized spacial score (nSPS) is 14.5. The molecule has 1 heterocycles. The Morgan fingerprint density at radius 3 is 1.01 bits per heavy atom. The molecule has 47 nitrogen and oxygen atoms in total. The number of aliphatic imine (C=N–C) groups is 5. The van der Waals surface area contributed by atoms with E-state index in [4.69, 9.17) is 91.7 Å². The van der Waals surface area contributed by atoms with Gasteiger partial charge in [-0.3, -0.25) is 106 Å². The fourth-order valence-corrected chi connectivity index (χ4v) is 16.0. The molecule has 0 aromatic heterocycles. The Kier molecular flexibility index (Phi) is 68.2. The quantitative estimate of drug-likeness (QED) is 0.0192. The van der Waals surface area contributed by atoms with Gasteiger partial charge in [-0.15, -0.1) is 0 Å². The van der Waals surface area contributed by atoms with Crippen LogP contribution in [0.4, 0.5) is 0 Å². The number of ketones is 5. The molecule has 0 radical (unpaired) electrons. The number of amides is 13. The lowest BCUT2D eigenvalue weighted by atomic mass is 9.87. The summed E-state index contributed by atoms with van der Waals surface area (Å²) >= 11 is 0. The fraction of sp³-hybridized carbons (Fsp3) is 0.753. The van der Waals surface area contributed by atoms with Crippen molar-refractivity contribution in [3.8, 4) is 0 Å². The third kappa shape index (κ3) is 62.7. The van der Waals surface area contributed by atoms with E-state index in [0.717, 1.165) is 25.7 Å². The van der Waals surface area contributed by atoms with Gasteiger partial charge in [0.05, 0.1) is 24.2 Å². The SMILES string of the molecule is CC(=O)C[C@@H](CCC(N)=O)C(=O)N[C@@H](CCCN=C(N)N)C(=O)C[C@@H](CCCN=C(N)N)C(=O)N1CCC[C@H]1C(=O)N[C@@H](CCC(N)=O)C(=O)N[C@@H](CCCN=C(N)N)C(=O)C[C@@H](CCC(N)=O)C(=O)N[C@@H](CCCCN)C(N)=O.CCCCCCCCCCCCCCCC(=O)N[C@@H](CCCN=C(N)N)C(=O)C[C@@H](CC(C)C)C(=O)N[C@@H](CCCN=C(N)N)C(=O)C[C@@H](CCC(N)=O)C(=O)NC(C)C. The second-order valence-electron chi connectivity index (χ2n) is 36.9. The highest BCUT2D eigenvalue weighted by Crippen LogP contribution is 2.28. The van der Waals surface area contributed by atoms with Gasteiger partial charge in [-0.2, -0.15) is 0 Å². The van der Waals surface area contributed by atoms with Crippen molar-refractivity contribution < 1.29 is 86.3 Å². The van der Waals surface area contributed by atoms with Crippen molar-refractivity contribution in [1.29, 1.82) is 0 Å². The molecule has 13 amide bonds. The number of hydrogen-bond donors (Lipinski definition) is 23. The van der Waals surface area contributed by atoms with Crippen LogP contribution in [-0.4, -0.2) is 235 Å². The van der Waals surface area contributed by atoms with Crippen LogP contribution in [0.5, 0.6) is 0 Å². The number of primary amides is 5. The maximum atomic E-state index is 14.7. The Morgan fingerprint density at radius 2 is 0.650 bits per heavy atom. The Hall–Kier alpha value is -12.2. The zero-order chi connectivity index (χ0) is 106. The molecular weight excluding hydrogens is 1810 g/mol. The van der Waals surface area contributed by atoms with Gasteiger partial charge in [0.2, 0.25) is 76.8 Å². The largest absolute Gasteiger partial charge is 0.370 e. The third-order valence-electron chi connectivity index (χ3n) is 23.5. The minimum Gasteiger partial charge on any atom is -0.370 e. The Balaban J connectivity index is 0.00000288. The standard InChI is InChI=1S/C49H87N19O12.C44H84N10O6/c1-27(69)24-28(13-16-38(51)72)42(76)64-31(10-5-21-62-48(57)58)37(71)26-30(8-4-20-61-47(55)56)46(80)68-23-7-12-35(68)45(79)67-34(15-18-40(53)74)44(78)65-32(11-6-22-63-49(59)60)36(70)25-29(14-17-39(52)73)43(77)66-33(41(54)75)9-2-3-19-50;1-6-7-8-9-10-11-12-13-14-15-16-17-18-23-40(58)53-35(21-19-26-50-43(46)47)38(56)30-34(28-31(2)3)42(60)54-36(22-20-27-51-44(48)49)37(55)29-33(24-25-39(45)57)41(59)52-32(4)5/h28-35H,2-26,50H2,1H3,(H2,51,72)(H2,52,73)(H2,53,74)(H2,54,75)(H,64,76)(H,65,78)(H,66,77)(H,67,79)(H4,55,56,61)(H4,57,58,62)(H4,59,60,63);31-36H,6-30H2,1-5H3,(H2,45,57)(H,52,59)(H,53,58)(H,54,60)(H4,46,47,50)(H4,48,49,51)/t28-,29-,30-,31+,32+,33+,34+,35+;33-,34-,35+,36+/m11/s1. The van der Waals surface area contributed by atoms with Gasteiger partial charge in [-0.25, -0.2) is 0 Å². The lowest BCUT2D eigenvalue weighted by molar-refractivity contribution is -0.144. The van der Waals surface area contributed by atoms with E-state index in [1.165, 1.54) is 69.6 Å². The zero-order valence-corrected chi connectivity index (χ0v) is 83.7. The number of nitrogens with zero attached hydrogens (tertiary/aromatic N) is 6. The van der Waals surface area contributed by atoms with Crippen molar-refractivity contribution in [3.63, 3.8) is 0 Å². The second kappa shape index (κ2) is 74.8. The van der Waals surface area contributed by atoms with E-state index in [0.29, 0.717) is 51.5 Å². The predicted octanol–water partition coefficient (Wildman–Crippen LogP) is -1.23. The van der Waals surface area contributed by atoms with Gasteiger partial charge in [-0.1, -0.05) is 97.8 Å². The van der Waals surface area contributed by atoms with E-state index in [1.54, 1.807) is 13.8 Å². The molecule has 0 spiro atoms. The van der Waals surface area contributed by atoms with Gasteiger partial charge < -0.3 is 139 Å². The van der Waals surface area contributed by atoms with Gasteiger partial charge in [0.1, 0.15) is 23.9 Å². The summed E-state index contributed by atoms with van der Waals surface area (Å²) in [5, 5.41) is 19.0. The predicted molar refractivity (Wildman–Crippen MR) is 536 cm³/mol. The number of nitrogens with one attached hydrogen (secondary N) is 7. The molecule has 0 saturated carbocycles. The lowest BCUT2D eigenvalue weighted by Crippen LogP contribution is -2.56. The summed E-state index contributed by atoms with van der Waals surface area (Å²) in [5.74, 6) is -17.1. The van der Waals surface area contributed by atoms with Crippen molar-refractivity contribution in [3.05, 3.63) is 0 Å². The van der Waals surface area contributed by atoms with Crippen molar-refractivity contribution in [2.24, 2.45) is 152 Å². The number of nitrogens with two attached hydrogens (primary N) is 16. The van der Waals surface area contributed by atoms with E-state index in [-0.39, 0.29) is 227 Å². The molecule has 1 fully saturated rings. The molecule has 0 aromatic rings. The van der Waals surface area contributed by atoms with Crippen LogP contribution in [-0.2, 0) is 86.3 Å². The molecule has 0 aromatic carbocycles. The van der Waals surface area contributed by atoms with Crippen LogP contribution in [0.2, 0.25) is 0 Å². The van der Waals surface area contributed by atoms with Crippen molar-refractivity contribution in [2.75, 3.05) is 45.8 Å². The number of likely N-dealkylation sites (tertiary alicyclic amines) is 1. The molecule has 1 rings (SSSR count). The fourth-order valence-electron chi connectivity index (χ4n) is 16.0. The number of guanidine groups is 5. The average molecular weight is 1980 g/mol. The highest BCUT2D eigenvalue weighted by atomic mass is 16.2. The van der Waals surface area contributed by atoms with Gasteiger partial charge in [0.25, 0.3) is 0 Å². The number of rotatable bonds is 81. The van der Waals surface area contributed by atoms with E-state index in [1.807, 2.05) is 13.8 Å². The summed E-state index contributed by atoms with van der Waals surface area (Å²) < 4.78 is 0. The Morgan fingerprint density at radius 1 is 0.321 bits per heavy atom. The molecule has 796 valence electrons. The molecular formula is C93H171N29O18. The van der Waals surface area contributed by atoms with Gasteiger partial charge in [-0.05, 0) is 168 Å². The highest BCUT2D eigenvalue weighted by molar-refractivity contribution is 6.00. The first-order chi connectivity index (χ1) is 66.1. The van der Waals surface area contributed by atoms with E-state index < -0.39 is 179 Å². The zero-order valence-electron chi connectivity index (χ0n) is 83.7. The lowest BCUT2D eigenvalue weighted by Gasteiger charge is -2.30. The molecule has 140 heavy (non-hydrogen) atoms. The van der Waals surface area contributed by atoms with Crippen LogP contribution < -0.4 is 129 Å². The Labute approximate surface area is 824 Å². The Bertz CT molecular complexity index is 4030. The molecule has 0 unspecified atom stereocenters. The minimum absolute atomic E-state index is 0.000353. The maximum absolute atomic E-state index is 14.7. The summed E-state index contributed by atoms with van der Waals surface area (Å²) in [6.07, 6.45) is 15.9. The molecule has 1 aliphatic heterocycles. The smallest absolute Gasteiger partial charge is 0.243 e. The summed E-state index contributed by atoms with van der Waals surface area (Å²) in [6, 6.07) is -8.60. The summed E-state index contributed by atoms with van der Waals surface area (Å²) in [7, 11) is 0. The molecule has 39 N–H and O–H groups in total. The average Bonchev–Trinajstić information content (AvgIpc) is 1.65. The van der Waals surface area contributed by atoms with Crippen LogP contribution in [0.25, 0.3) is 0 Å². The highest BCUT2D eigenvalue weighted by Gasteiger charge is 2.42. The second-order valence-corrected chi connectivity index (χ2v) is 36.9. The van der Waals surface area contributed by atoms with Crippen LogP contribution in [0, 0.1) is 35.5 Å². The minimum atomic E-state index is -1.55. The first kappa shape index (κ1) is 128.